The summed E-state index contributed by atoms with van der Waals surface area (Å²) in [4.78, 5) is 6.42. The fourth-order valence-corrected chi connectivity index (χ4v) is 4.56. The van der Waals surface area contributed by atoms with Gasteiger partial charge in [-0.25, -0.2) is 4.98 Å². The predicted octanol–water partition coefficient (Wildman–Crippen LogP) is 6.35. The third-order valence-corrected chi connectivity index (χ3v) is 5.74. The van der Waals surface area contributed by atoms with Crippen LogP contribution in [0.1, 0.15) is 21.6 Å². The Labute approximate surface area is 140 Å². The van der Waals surface area contributed by atoms with Gasteiger partial charge in [0, 0.05) is 25.9 Å². The molecule has 0 unspecified atom stereocenters. The highest BCUT2D eigenvalue weighted by Gasteiger charge is 2.16. The molecule has 4 rings (SSSR count). The molecule has 0 spiro atoms. The number of thiophene rings is 1. The highest BCUT2D eigenvalue weighted by atomic mass is 32.1. The van der Waals surface area contributed by atoms with Crippen molar-refractivity contribution in [2.24, 2.45) is 0 Å². The number of benzene rings is 2. The molecule has 0 radical (unpaired) electrons. The molecule has 2 heteroatoms. The first-order valence-corrected chi connectivity index (χ1v) is 8.73. The maximum Gasteiger partial charge on any atom is 0.0799 e. The summed E-state index contributed by atoms with van der Waals surface area (Å²) in [6.45, 7) is 8.73. The van der Waals surface area contributed by atoms with Crippen molar-refractivity contribution in [3.63, 3.8) is 0 Å². The summed E-state index contributed by atoms with van der Waals surface area (Å²) in [5.74, 6) is 0. The van der Waals surface area contributed by atoms with Crippen LogP contribution in [0.2, 0.25) is 0 Å². The predicted molar refractivity (Wildman–Crippen MR) is 102 cm³/mol. The molecule has 0 amide bonds. The van der Waals surface area contributed by atoms with E-state index < -0.39 is 0 Å². The van der Waals surface area contributed by atoms with Gasteiger partial charge in [0.1, 0.15) is 0 Å². The molecule has 0 saturated heterocycles. The second-order valence-corrected chi connectivity index (χ2v) is 7.57. The van der Waals surface area contributed by atoms with Gasteiger partial charge in [-0.05, 0) is 51.5 Å². The number of para-hydroxylation sites is 1. The van der Waals surface area contributed by atoms with Crippen LogP contribution in [0.25, 0.3) is 32.2 Å². The Hall–Kier alpha value is -2.19. The van der Waals surface area contributed by atoms with Crippen LogP contribution in [0.3, 0.4) is 0 Å². The van der Waals surface area contributed by atoms with Gasteiger partial charge >= 0.3 is 0 Å². The van der Waals surface area contributed by atoms with Crippen LogP contribution in [0.15, 0.2) is 42.5 Å². The van der Waals surface area contributed by atoms with Gasteiger partial charge in [0.05, 0.1) is 11.2 Å². The lowest BCUT2D eigenvalue weighted by molar-refractivity contribution is 1.35. The zero-order chi connectivity index (χ0) is 16.1. The zero-order valence-electron chi connectivity index (χ0n) is 13.9. The van der Waals surface area contributed by atoms with Gasteiger partial charge in [0.2, 0.25) is 0 Å². The number of hydrogen-bond acceptors (Lipinski definition) is 2. The lowest BCUT2D eigenvalue weighted by atomic mass is 9.99. The van der Waals surface area contributed by atoms with E-state index in [-0.39, 0.29) is 0 Å². The minimum atomic E-state index is 1.08. The highest BCUT2D eigenvalue weighted by molar-refractivity contribution is 7.20. The molecule has 0 aliphatic rings. The number of pyridine rings is 1. The van der Waals surface area contributed by atoms with Crippen LogP contribution in [0.4, 0.5) is 0 Å². The molecule has 0 atom stereocenters. The maximum atomic E-state index is 5.04. The van der Waals surface area contributed by atoms with Crippen molar-refractivity contribution in [1.82, 2.24) is 4.98 Å². The van der Waals surface area contributed by atoms with Gasteiger partial charge in [-0.15, -0.1) is 11.3 Å². The average molecular weight is 317 g/mol. The number of hydrogen-bond donors (Lipinski definition) is 0. The largest absolute Gasteiger partial charge is 0.247 e. The standard InChI is InChI=1S/C21H19NS/c1-12-9-13(2)11-16(10-12)20-19-14(3)15(4)23-21(19)17-7-5-6-8-18(17)22-20/h5-11H,1-4H3. The van der Waals surface area contributed by atoms with Gasteiger partial charge in [0.15, 0.2) is 0 Å². The lowest BCUT2D eigenvalue weighted by Gasteiger charge is -2.10. The zero-order valence-corrected chi connectivity index (χ0v) is 14.7. The molecule has 0 N–H and O–H groups in total. The average Bonchev–Trinajstić information content (AvgIpc) is 2.82. The second-order valence-electron chi connectivity index (χ2n) is 6.34. The smallest absolute Gasteiger partial charge is 0.0799 e. The van der Waals surface area contributed by atoms with Crippen molar-refractivity contribution in [2.75, 3.05) is 0 Å². The molecule has 4 aromatic rings. The first-order chi connectivity index (χ1) is 11.0. The Morgan fingerprint density at radius 1 is 0.870 bits per heavy atom. The van der Waals surface area contributed by atoms with Crippen molar-refractivity contribution >= 4 is 32.3 Å². The topological polar surface area (TPSA) is 12.9 Å². The summed E-state index contributed by atoms with van der Waals surface area (Å²) >= 11 is 1.89. The van der Waals surface area contributed by atoms with Crippen LogP contribution in [-0.2, 0) is 0 Å². The fourth-order valence-electron chi connectivity index (χ4n) is 3.36. The molecule has 23 heavy (non-hydrogen) atoms. The second kappa shape index (κ2) is 5.17. The molecule has 0 bridgehead atoms. The minimum absolute atomic E-state index is 1.08. The number of aryl methyl sites for hydroxylation is 4. The van der Waals surface area contributed by atoms with Crippen LogP contribution in [0.5, 0.6) is 0 Å². The van der Waals surface area contributed by atoms with Crippen LogP contribution in [-0.4, -0.2) is 4.98 Å². The third kappa shape index (κ3) is 2.25. The third-order valence-electron chi connectivity index (χ3n) is 4.50. The van der Waals surface area contributed by atoms with Gasteiger partial charge in [0.25, 0.3) is 0 Å². The Kier molecular flexibility index (Phi) is 3.24. The normalized spacial score (nSPS) is 11.5. The first kappa shape index (κ1) is 14.4. The molecule has 1 nitrogen and oxygen atoms in total. The molecular weight excluding hydrogens is 298 g/mol. The Balaban J connectivity index is 2.20. The van der Waals surface area contributed by atoms with Crippen LogP contribution in [0, 0.1) is 27.7 Å². The van der Waals surface area contributed by atoms with Gasteiger partial charge < -0.3 is 0 Å². The molecular formula is C21H19NS. The molecule has 114 valence electrons. The van der Waals surface area contributed by atoms with Crippen molar-refractivity contribution in [1.29, 1.82) is 0 Å². The van der Waals surface area contributed by atoms with E-state index in [0.29, 0.717) is 0 Å². The van der Waals surface area contributed by atoms with E-state index in [1.165, 1.54) is 42.6 Å². The first-order valence-electron chi connectivity index (χ1n) is 7.91. The van der Waals surface area contributed by atoms with E-state index >= 15 is 0 Å². The number of fused-ring (bicyclic) bond motifs is 3. The molecule has 2 aromatic heterocycles. The summed E-state index contributed by atoms with van der Waals surface area (Å²) in [5, 5.41) is 2.58. The molecule has 2 aromatic carbocycles. The summed E-state index contributed by atoms with van der Waals surface area (Å²) in [6, 6.07) is 15.2. The molecule has 0 aliphatic carbocycles. The summed E-state index contributed by atoms with van der Waals surface area (Å²) < 4.78 is 1.36. The molecule has 0 saturated carbocycles. The van der Waals surface area contributed by atoms with Crippen molar-refractivity contribution in [2.45, 2.75) is 27.7 Å². The van der Waals surface area contributed by atoms with Crippen LogP contribution >= 0.6 is 11.3 Å². The van der Waals surface area contributed by atoms with E-state index in [4.69, 9.17) is 4.98 Å². The SMILES string of the molecule is Cc1cc(C)cc(-c2nc3ccccc3c3sc(C)c(C)c23)c1. The fraction of sp³-hybridized carbons (Fsp3) is 0.190. The quantitative estimate of drug-likeness (QED) is 0.398. The van der Waals surface area contributed by atoms with Crippen molar-refractivity contribution in [3.8, 4) is 11.3 Å². The van der Waals surface area contributed by atoms with Gasteiger partial charge in [-0.1, -0.05) is 35.4 Å². The lowest BCUT2D eigenvalue weighted by Crippen LogP contribution is -1.90. The minimum Gasteiger partial charge on any atom is -0.247 e. The monoisotopic (exact) mass is 317 g/mol. The molecule has 2 heterocycles. The number of rotatable bonds is 1. The Bertz CT molecular complexity index is 1040. The van der Waals surface area contributed by atoms with Gasteiger partial charge in [-0.2, -0.15) is 0 Å². The number of nitrogens with zero attached hydrogens (tertiary/aromatic N) is 1. The van der Waals surface area contributed by atoms with E-state index in [2.05, 4.69) is 70.2 Å². The van der Waals surface area contributed by atoms with Gasteiger partial charge in [-0.3, -0.25) is 0 Å². The van der Waals surface area contributed by atoms with E-state index in [1.807, 2.05) is 11.3 Å². The molecule has 0 aliphatic heterocycles. The van der Waals surface area contributed by atoms with Crippen molar-refractivity contribution in [3.05, 3.63) is 64.0 Å². The van der Waals surface area contributed by atoms with E-state index in [9.17, 15) is 0 Å². The highest BCUT2D eigenvalue weighted by Crippen LogP contribution is 2.40. The Morgan fingerprint density at radius 3 is 2.30 bits per heavy atom. The van der Waals surface area contributed by atoms with E-state index in [0.717, 1.165) is 11.2 Å². The van der Waals surface area contributed by atoms with Crippen molar-refractivity contribution < 1.29 is 0 Å². The molecule has 0 fully saturated rings. The Morgan fingerprint density at radius 2 is 1.57 bits per heavy atom. The number of aromatic nitrogens is 1. The summed E-state index contributed by atoms with van der Waals surface area (Å²) in [6.07, 6.45) is 0. The maximum absolute atomic E-state index is 5.04. The summed E-state index contributed by atoms with van der Waals surface area (Å²) in [5.41, 5.74) is 7.35. The summed E-state index contributed by atoms with van der Waals surface area (Å²) in [7, 11) is 0. The van der Waals surface area contributed by atoms with E-state index in [1.54, 1.807) is 0 Å². The van der Waals surface area contributed by atoms with Crippen LogP contribution < -0.4 is 0 Å².